The van der Waals surface area contributed by atoms with Crippen LogP contribution >= 0.6 is 0 Å². The first-order valence-corrected chi connectivity index (χ1v) is 12.7. The molecule has 0 spiro atoms. The maximum absolute atomic E-state index is 5.30. The fourth-order valence-corrected chi connectivity index (χ4v) is 6.31. The van der Waals surface area contributed by atoms with Crippen molar-refractivity contribution < 1.29 is 0 Å². The number of hydrogen-bond acceptors (Lipinski definition) is 5. The average Bonchev–Trinajstić information content (AvgIpc) is 3.51. The third-order valence-corrected chi connectivity index (χ3v) is 8.18. The Kier molecular flexibility index (Phi) is 4.96. The van der Waals surface area contributed by atoms with Crippen molar-refractivity contribution in [1.29, 1.82) is 0 Å². The van der Waals surface area contributed by atoms with Crippen molar-refractivity contribution >= 4 is 22.5 Å². The standard InChI is InChI=1S/C27H35N7/c1-15(2)24-25(21-13-34-27(28-14-29-34)18(6)17(21)5)30-22-7-8-23(31-26(22)24)33-12-20-11-19(33)9-10-32(20)16(3)4/h7-8,13-16,19-20,30H,9-12H2,1-6H3/t19-,20+/m1/s1. The molecule has 7 nitrogen and oxygen atoms in total. The topological polar surface area (TPSA) is 65.4 Å². The van der Waals surface area contributed by atoms with Gasteiger partial charge < -0.3 is 9.88 Å². The summed E-state index contributed by atoms with van der Waals surface area (Å²) in [7, 11) is 0. The van der Waals surface area contributed by atoms with E-state index in [1.165, 1.54) is 36.1 Å². The van der Waals surface area contributed by atoms with Gasteiger partial charge in [-0.05, 0) is 69.7 Å². The fraction of sp³-hybridized carbons (Fsp3) is 0.519. The van der Waals surface area contributed by atoms with Gasteiger partial charge in [-0.3, -0.25) is 4.90 Å². The van der Waals surface area contributed by atoms with Crippen molar-refractivity contribution in [2.45, 2.75) is 78.4 Å². The van der Waals surface area contributed by atoms with Crippen LogP contribution in [0.5, 0.6) is 0 Å². The van der Waals surface area contributed by atoms with Crippen molar-refractivity contribution in [2.24, 2.45) is 0 Å². The molecule has 4 aromatic heterocycles. The average molecular weight is 458 g/mol. The lowest BCUT2D eigenvalue weighted by Gasteiger charge is -2.35. The number of anilines is 1. The molecule has 0 radical (unpaired) electrons. The van der Waals surface area contributed by atoms with E-state index in [0.29, 0.717) is 24.0 Å². The number of aryl methyl sites for hydroxylation is 1. The van der Waals surface area contributed by atoms with Gasteiger partial charge in [-0.1, -0.05) is 13.8 Å². The zero-order valence-electron chi connectivity index (χ0n) is 21.1. The van der Waals surface area contributed by atoms with Crippen molar-refractivity contribution in [1.82, 2.24) is 29.5 Å². The minimum Gasteiger partial charge on any atom is -0.353 e. The molecule has 4 aromatic rings. The van der Waals surface area contributed by atoms with E-state index in [2.05, 4.69) is 84.7 Å². The SMILES string of the molecule is Cc1c(-c2[nH]c3ccc(N4C[C@@H]5C[C@H]4CCN5C(C)C)nc3c2C(C)C)cn2ncnc2c1C. The molecule has 7 heteroatoms. The summed E-state index contributed by atoms with van der Waals surface area (Å²) in [5, 5.41) is 4.42. The molecule has 2 aliphatic heterocycles. The van der Waals surface area contributed by atoms with Crippen molar-refractivity contribution in [3.05, 3.63) is 41.3 Å². The molecular weight excluding hydrogens is 422 g/mol. The Morgan fingerprint density at radius 1 is 1.06 bits per heavy atom. The second-order valence-electron chi connectivity index (χ2n) is 10.8. The number of aromatic nitrogens is 5. The van der Waals surface area contributed by atoms with Crippen LogP contribution in [0.25, 0.3) is 27.9 Å². The molecule has 2 fully saturated rings. The number of aromatic amines is 1. The Balaban J connectivity index is 1.46. The molecular formula is C27H35N7. The summed E-state index contributed by atoms with van der Waals surface area (Å²) in [6, 6.07) is 6.29. The van der Waals surface area contributed by atoms with E-state index < -0.39 is 0 Å². The predicted molar refractivity (Wildman–Crippen MR) is 138 cm³/mol. The Hall–Kier alpha value is -2.93. The summed E-state index contributed by atoms with van der Waals surface area (Å²) in [6.07, 6.45) is 6.21. The summed E-state index contributed by atoms with van der Waals surface area (Å²) in [5.41, 5.74) is 9.11. The van der Waals surface area contributed by atoms with E-state index in [9.17, 15) is 0 Å². The summed E-state index contributed by atoms with van der Waals surface area (Å²) < 4.78 is 1.89. The fourth-order valence-electron chi connectivity index (χ4n) is 6.31. The highest BCUT2D eigenvalue weighted by molar-refractivity contribution is 5.90. The zero-order chi connectivity index (χ0) is 23.7. The first-order valence-electron chi connectivity index (χ1n) is 12.7. The number of piperidine rings is 1. The minimum absolute atomic E-state index is 0.340. The number of nitrogens with zero attached hydrogens (tertiary/aromatic N) is 6. The normalized spacial score (nSPS) is 21.1. The van der Waals surface area contributed by atoms with E-state index in [0.717, 1.165) is 40.3 Å². The van der Waals surface area contributed by atoms with Gasteiger partial charge in [-0.25, -0.2) is 14.5 Å². The van der Waals surface area contributed by atoms with Crippen LogP contribution in [-0.4, -0.2) is 60.7 Å². The lowest BCUT2D eigenvalue weighted by Crippen LogP contribution is -2.44. The highest BCUT2D eigenvalue weighted by atomic mass is 15.3. The van der Waals surface area contributed by atoms with Gasteiger partial charge in [0.25, 0.3) is 0 Å². The Labute approximate surface area is 201 Å². The predicted octanol–water partition coefficient (Wildman–Crippen LogP) is 5.07. The molecule has 178 valence electrons. The van der Waals surface area contributed by atoms with Crippen LogP contribution in [0.3, 0.4) is 0 Å². The second kappa shape index (κ2) is 7.80. The van der Waals surface area contributed by atoms with E-state index in [4.69, 9.17) is 4.98 Å². The Morgan fingerprint density at radius 3 is 2.65 bits per heavy atom. The van der Waals surface area contributed by atoms with Crippen LogP contribution in [0, 0.1) is 13.8 Å². The molecule has 0 aromatic carbocycles. The van der Waals surface area contributed by atoms with Gasteiger partial charge in [0, 0.05) is 48.5 Å². The summed E-state index contributed by atoms with van der Waals surface area (Å²) in [6.45, 7) is 15.8. The van der Waals surface area contributed by atoms with Gasteiger partial charge in [0.05, 0.1) is 16.7 Å². The number of fused-ring (bicyclic) bond motifs is 4. The smallest absolute Gasteiger partial charge is 0.158 e. The summed E-state index contributed by atoms with van der Waals surface area (Å²) in [4.78, 5) is 18.7. The number of nitrogens with one attached hydrogen (secondary N) is 1. The van der Waals surface area contributed by atoms with Gasteiger partial charge in [-0.15, -0.1) is 0 Å². The summed E-state index contributed by atoms with van der Waals surface area (Å²) >= 11 is 0. The third kappa shape index (κ3) is 3.17. The molecule has 2 atom stereocenters. The number of likely N-dealkylation sites (tertiary alicyclic amines) is 1. The maximum atomic E-state index is 5.30. The number of rotatable bonds is 4. The monoisotopic (exact) mass is 457 g/mol. The second-order valence-corrected chi connectivity index (χ2v) is 10.8. The third-order valence-electron chi connectivity index (χ3n) is 8.18. The van der Waals surface area contributed by atoms with Crippen molar-refractivity contribution in [3.63, 3.8) is 0 Å². The molecule has 0 saturated carbocycles. The number of hydrogen-bond donors (Lipinski definition) is 1. The molecule has 1 N–H and O–H groups in total. The summed E-state index contributed by atoms with van der Waals surface area (Å²) in [5.74, 6) is 1.46. The van der Waals surface area contributed by atoms with E-state index in [-0.39, 0.29) is 0 Å². The van der Waals surface area contributed by atoms with E-state index in [1.807, 2.05) is 4.52 Å². The van der Waals surface area contributed by atoms with Gasteiger partial charge in [-0.2, -0.15) is 5.10 Å². The Bertz CT molecular complexity index is 1380. The molecule has 0 unspecified atom stereocenters. The lowest BCUT2D eigenvalue weighted by molar-refractivity contribution is 0.137. The molecule has 2 aliphatic rings. The van der Waals surface area contributed by atoms with Crippen LogP contribution in [0.1, 0.15) is 63.1 Å². The maximum Gasteiger partial charge on any atom is 0.158 e. The molecule has 0 amide bonds. The number of pyridine rings is 2. The largest absolute Gasteiger partial charge is 0.353 e. The highest BCUT2D eigenvalue weighted by Crippen LogP contribution is 2.39. The first kappa shape index (κ1) is 21.6. The molecule has 6 rings (SSSR count). The minimum atomic E-state index is 0.340. The lowest BCUT2D eigenvalue weighted by atomic mass is 9.95. The zero-order valence-corrected chi connectivity index (χ0v) is 21.1. The van der Waals surface area contributed by atoms with Crippen LogP contribution in [0.4, 0.5) is 5.82 Å². The molecule has 0 aliphatic carbocycles. The molecule has 2 saturated heterocycles. The van der Waals surface area contributed by atoms with Gasteiger partial charge in [0.1, 0.15) is 12.1 Å². The highest BCUT2D eigenvalue weighted by Gasteiger charge is 2.41. The Morgan fingerprint density at radius 2 is 1.88 bits per heavy atom. The van der Waals surface area contributed by atoms with Gasteiger partial charge in [0.15, 0.2) is 5.65 Å². The van der Waals surface area contributed by atoms with Crippen LogP contribution in [0.15, 0.2) is 24.7 Å². The van der Waals surface area contributed by atoms with E-state index in [1.54, 1.807) is 6.33 Å². The molecule has 6 heterocycles. The van der Waals surface area contributed by atoms with Crippen molar-refractivity contribution in [3.8, 4) is 11.3 Å². The quantitative estimate of drug-likeness (QED) is 0.463. The van der Waals surface area contributed by atoms with Crippen LogP contribution in [0.2, 0.25) is 0 Å². The molecule has 34 heavy (non-hydrogen) atoms. The number of H-pyrrole nitrogens is 1. The van der Waals surface area contributed by atoms with Gasteiger partial charge in [0.2, 0.25) is 0 Å². The van der Waals surface area contributed by atoms with E-state index >= 15 is 0 Å². The molecule has 2 bridgehead atoms. The van der Waals surface area contributed by atoms with Gasteiger partial charge >= 0.3 is 0 Å². The van der Waals surface area contributed by atoms with Crippen LogP contribution < -0.4 is 4.90 Å². The van der Waals surface area contributed by atoms with Crippen LogP contribution in [-0.2, 0) is 0 Å². The first-order chi connectivity index (χ1) is 16.3. The van der Waals surface area contributed by atoms with Crippen molar-refractivity contribution in [2.75, 3.05) is 18.0 Å².